The zero-order valence-corrected chi connectivity index (χ0v) is 15.5. The van der Waals surface area contributed by atoms with Crippen LogP contribution in [0.4, 0.5) is 18.0 Å². The summed E-state index contributed by atoms with van der Waals surface area (Å²) in [6.45, 7) is 5.10. The Morgan fingerprint density at radius 3 is 2.44 bits per heavy atom. The summed E-state index contributed by atoms with van der Waals surface area (Å²) in [5.41, 5.74) is -0.764. The highest BCUT2D eigenvalue weighted by molar-refractivity contribution is 5.78. The second kappa shape index (κ2) is 7.58. The van der Waals surface area contributed by atoms with Crippen LogP contribution in [0, 0.1) is 24.2 Å². The maximum atomic E-state index is 12.7. The number of nitrogens with zero attached hydrogens (tertiary/aromatic N) is 1. The van der Waals surface area contributed by atoms with E-state index in [4.69, 9.17) is 11.2 Å². The Morgan fingerprint density at radius 1 is 1.30 bits per heavy atom. The summed E-state index contributed by atoms with van der Waals surface area (Å²) < 4.78 is 43.3. The quantitative estimate of drug-likeness (QED) is 0.708. The number of halogens is 3. The molecule has 2 heterocycles. The molecule has 0 radical (unpaired) electrons. The van der Waals surface area contributed by atoms with Gasteiger partial charge in [-0.15, -0.1) is 12.3 Å². The SMILES string of the molecule is C#C[C@H]1CC2C[C@@H](NC(=O)OC(C)(C)C)C([C@H]1O)N(C(=O)CC(F)(F)F)C2. The molecule has 1 aliphatic carbocycles. The summed E-state index contributed by atoms with van der Waals surface area (Å²) in [5, 5.41) is 13.3. The second-order valence-electron chi connectivity index (χ2n) is 8.18. The molecule has 3 rings (SSSR count). The standard InChI is InChI=1S/C18H25F3N2O4/c1-5-11-6-10-7-12(22-16(26)27-17(2,3)4)14(15(11)25)23(9-10)13(24)8-18(19,20)21/h1,10-12,14-15,25H,6-9H2,2-4H3,(H,22,26)/t10?,11-,12+,14?,15-/m0/s1. The zero-order chi connectivity index (χ0) is 20.6. The Kier molecular flexibility index (Phi) is 6.00. The Hall–Kier alpha value is -1.95. The van der Waals surface area contributed by atoms with Crippen LogP contribution in [0.15, 0.2) is 0 Å². The van der Waals surface area contributed by atoms with E-state index in [2.05, 4.69) is 11.2 Å². The van der Waals surface area contributed by atoms with Gasteiger partial charge < -0.3 is 20.1 Å². The number of aliphatic hydroxyl groups excluding tert-OH is 1. The van der Waals surface area contributed by atoms with Gasteiger partial charge in [0.15, 0.2) is 0 Å². The molecule has 2 bridgehead atoms. The maximum absolute atomic E-state index is 12.7. The van der Waals surface area contributed by atoms with E-state index in [9.17, 15) is 27.9 Å². The molecule has 2 N–H and O–H groups in total. The molecular formula is C18H25F3N2O4. The number of terminal acetylenes is 1. The van der Waals surface area contributed by atoms with Crippen molar-refractivity contribution in [2.75, 3.05) is 6.54 Å². The van der Waals surface area contributed by atoms with Crippen LogP contribution in [0.3, 0.4) is 0 Å². The van der Waals surface area contributed by atoms with Crippen molar-refractivity contribution < 1.29 is 32.6 Å². The fraction of sp³-hybridized carbons (Fsp3) is 0.778. The molecular weight excluding hydrogens is 365 g/mol. The zero-order valence-electron chi connectivity index (χ0n) is 15.5. The molecule has 0 spiro atoms. The third-order valence-electron chi connectivity index (χ3n) is 4.75. The molecule has 2 amide bonds. The van der Waals surface area contributed by atoms with Crippen LogP contribution in [-0.4, -0.2) is 58.5 Å². The van der Waals surface area contributed by atoms with Crippen LogP contribution in [0.25, 0.3) is 0 Å². The average molecular weight is 390 g/mol. The molecule has 2 saturated heterocycles. The largest absolute Gasteiger partial charge is 0.444 e. The number of rotatable bonds is 2. The number of hydrogen-bond acceptors (Lipinski definition) is 4. The molecule has 5 atom stereocenters. The number of alkyl halides is 3. The van der Waals surface area contributed by atoms with Crippen LogP contribution in [-0.2, 0) is 9.53 Å². The number of hydrogen-bond donors (Lipinski definition) is 2. The van der Waals surface area contributed by atoms with Gasteiger partial charge in [0.05, 0.1) is 18.2 Å². The van der Waals surface area contributed by atoms with E-state index in [0.717, 1.165) is 4.90 Å². The van der Waals surface area contributed by atoms with E-state index < -0.39 is 54.3 Å². The fourth-order valence-electron chi connectivity index (χ4n) is 3.83. The first-order valence-corrected chi connectivity index (χ1v) is 8.80. The Bertz CT molecular complexity index is 624. The first-order valence-electron chi connectivity index (χ1n) is 8.80. The minimum atomic E-state index is -4.66. The predicted molar refractivity (Wildman–Crippen MR) is 90.4 cm³/mol. The monoisotopic (exact) mass is 390 g/mol. The summed E-state index contributed by atoms with van der Waals surface area (Å²) >= 11 is 0. The fourth-order valence-corrected chi connectivity index (χ4v) is 3.83. The van der Waals surface area contributed by atoms with Crippen LogP contribution < -0.4 is 5.32 Å². The van der Waals surface area contributed by atoms with Gasteiger partial charge in [-0.25, -0.2) is 4.79 Å². The topological polar surface area (TPSA) is 78.9 Å². The lowest BCUT2D eigenvalue weighted by molar-refractivity contribution is -0.167. The van der Waals surface area contributed by atoms with Crippen molar-refractivity contribution in [2.24, 2.45) is 11.8 Å². The van der Waals surface area contributed by atoms with Gasteiger partial charge in [0.2, 0.25) is 5.91 Å². The maximum Gasteiger partial charge on any atom is 0.407 e. The number of nitrogens with one attached hydrogen (secondary N) is 1. The lowest BCUT2D eigenvalue weighted by atomic mass is 9.89. The number of piperidine rings is 1. The summed E-state index contributed by atoms with van der Waals surface area (Å²) in [6.07, 6.45) is -2.04. The van der Waals surface area contributed by atoms with Crippen molar-refractivity contribution in [1.29, 1.82) is 0 Å². The van der Waals surface area contributed by atoms with Gasteiger partial charge in [-0.05, 0) is 39.5 Å². The van der Waals surface area contributed by atoms with E-state index in [-0.39, 0.29) is 12.5 Å². The lowest BCUT2D eigenvalue weighted by Gasteiger charge is -2.44. The molecule has 2 aliphatic heterocycles. The molecule has 1 saturated carbocycles. The van der Waals surface area contributed by atoms with E-state index in [1.807, 2.05) is 0 Å². The van der Waals surface area contributed by atoms with Gasteiger partial charge in [-0.3, -0.25) is 4.79 Å². The van der Waals surface area contributed by atoms with E-state index in [1.54, 1.807) is 20.8 Å². The molecule has 3 fully saturated rings. The summed E-state index contributed by atoms with van der Waals surface area (Å²) in [7, 11) is 0. The van der Waals surface area contributed by atoms with Gasteiger partial charge in [-0.2, -0.15) is 13.2 Å². The number of carbonyl (C=O) groups excluding carboxylic acids is 2. The summed E-state index contributed by atoms with van der Waals surface area (Å²) in [5.74, 6) is 0.498. The van der Waals surface area contributed by atoms with Crippen molar-refractivity contribution in [3.8, 4) is 12.3 Å². The van der Waals surface area contributed by atoms with Crippen molar-refractivity contribution in [2.45, 2.75) is 70.0 Å². The molecule has 9 heteroatoms. The number of ether oxygens (including phenoxy) is 1. The smallest absolute Gasteiger partial charge is 0.407 e. The lowest BCUT2D eigenvalue weighted by Crippen LogP contribution is -2.62. The molecule has 6 nitrogen and oxygen atoms in total. The Morgan fingerprint density at radius 2 is 1.93 bits per heavy atom. The number of carbonyl (C=O) groups is 2. The molecule has 2 unspecified atom stereocenters. The Balaban J connectivity index is 2.26. The van der Waals surface area contributed by atoms with Crippen LogP contribution in [0.2, 0.25) is 0 Å². The normalized spacial score (nSPS) is 31.0. The number of fused-ring (bicyclic) bond motifs is 4. The minimum absolute atomic E-state index is 0.0708. The number of amides is 2. The molecule has 3 aliphatic rings. The first-order chi connectivity index (χ1) is 12.3. The highest BCUT2D eigenvalue weighted by Crippen LogP contribution is 2.38. The van der Waals surface area contributed by atoms with Crippen LogP contribution in [0.5, 0.6) is 0 Å². The predicted octanol–water partition coefficient (Wildman–Crippen LogP) is 2.06. The van der Waals surface area contributed by atoms with Gasteiger partial charge in [0, 0.05) is 12.5 Å². The summed E-state index contributed by atoms with van der Waals surface area (Å²) in [4.78, 5) is 25.4. The minimum Gasteiger partial charge on any atom is -0.444 e. The second-order valence-corrected chi connectivity index (χ2v) is 8.18. The van der Waals surface area contributed by atoms with E-state index in [0.29, 0.717) is 12.8 Å². The molecule has 0 aromatic heterocycles. The number of alkyl carbamates (subject to hydrolysis) is 1. The van der Waals surface area contributed by atoms with Gasteiger partial charge >= 0.3 is 12.3 Å². The van der Waals surface area contributed by atoms with Crippen molar-refractivity contribution >= 4 is 12.0 Å². The molecule has 152 valence electrons. The first kappa shape index (κ1) is 21.4. The molecule has 27 heavy (non-hydrogen) atoms. The third kappa shape index (κ3) is 5.51. The Labute approximate surface area is 156 Å². The van der Waals surface area contributed by atoms with Gasteiger partial charge in [0.1, 0.15) is 12.0 Å². The molecule has 0 aromatic carbocycles. The van der Waals surface area contributed by atoms with E-state index in [1.165, 1.54) is 0 Å². The van der Waals surface area contributed by atoms with Gasteiger partial charge in [-0.1, -0.05) is 0 Å². The van der Waals surface area contributed by atoms with Crippen molar-refractivity contribution in [3.05, 3.63) is 0 Å². The van der Waals surface area contributed by atoms with Crippen LogP contribution >= 0.6 is 0 Å². The average Bonchev–Trinajstić information content (AvgIpc) is 2.68. The van der Waals surface area contributed by atoms with Crippen molar-refractivity contribution in [3.63, 3.8) is 0 Å². The molecule has 0 aromatic rings. The third-order valence-corrected chi connectivity index (χ3v) is 4.75. The highest BCUT2D eigenvalue weighted by atomic mass is 19.4. The van der Waals surface area contributed by atoms with Crippen molar-refractivity contribution in [1.82, 2.24) is 10.2 Å². The summed E-state index contributed by atoms with van der Waals surface area (Å²) in [6, 6.07) is -1.78. The van der Waals surface area contributed by atoms with Crippen LogP contribution in [0.1, 0.15) is 40.0 Å². The number of aliphatic hydroxyl groups is 1. The van der Waals surface area contributed by atoms with E-state index >= 15 is 0 Å². The highest BCUT2D eigenvalue weighted by Gasteiger charge is 2.50. The van der Waals surface area contributed by atoms with Gasteiger partial charge in [0.25, 0.3) is 0 Å².